The van der Waals surface area contributed by atoms with Gasteiger partial charge in [-0.3, -0.25) is 18.6 Å². The summed E-state index contributed by atoms with van der Waals surface area (Å²) in [7, 11) is -4.63. The van der Waals surface area contributed by atoms with Gasteiger partial charge < -0.3 is 24.6 Å². The average molecular weight is 925 g/mol. The van der Waals surface area contributed by atoms with Crippen LogP contribution in [0.4, 0.5) is 0 Å². The first-order valence-corrected chi connectivity index (χ1v) is 27.6. The minimum atomic E-state index is -4.63. The lowest BCUT2D eigenvalue weighted by molar-refractivity contribution is -0.161. The molecule has 0 saturated carbocycles. The maximum atomic E-state index is 12.7. The van der Waals surface area contributed by atoms with E-state index in [2.05, 4.69) is 62.5 Å². The third-order valence-electron chi connectivity index (χ3n) is 11.2. The van der Waals surface area contributed by atoms with Crippen molar-refractivity contribution in [1.82, 2.24) is 0 Å². The number of carbonyl (C=O) groups excluding carboxylic acids is 2. The summed E-state index contributed by atoms with van der Waals surface area (Å²) in [5, 5.41) is 18.4. The molecule has 0 bridgehead atoms. The Labute approximate surface area is 392 Å². The summed E-state index contributed by atoms with van der Waals surface area (Å²) in [5.41, 5.74) is 0. The number of phosphoric ester groups is 1. The molecule has 10 nitrogen and oxygen atoms in total. The summed E-state index contributed by atoms with van der Waals surface area (Å²) >= 11 is 0. The quantitative estimate of drug-likeness (QED) is 0.0233. The molecule has 0 amide bonds. The molecule has 0 aliphatic carbocycles. The Kier molecular flexibility index (Phi) is 47.3. The average Bonchev–Trinajstić information content (AvgIpc) is 3.28. The number of ether oxygens (including phenoxy) is 2. The fourth-order valence-electron chi connectivity index (χ4n) is 7.21. The molecular weight excluding hydrogens is 828 g/mol. The van der Waals surface area contributed by atoms with Gasteiger partial charge in [0.25, 0.3) is 0 Å². The molecule has 64 heavy (non-hydrogen) atoms. The third-order valence-corrected chi connectivity index (χ3v) is 12.2. The topological polar surface area (TPSA) is 149 Å². The molecule has 3 N–H and O–H groups in total. The van der Waals surface area contributed by atoms with E-state index in [-0.39, 0.29) is 19.4 Å². The monoisotopic (exact) mass is 925 g/mol. The lowest BCUT2D eigenvalue weighted by Gasteiger charge is -2.20. The van der Waals surface area contributed by atoms with E-state index in [1.165, 1.54) is 141 Å². The zero-order valence-corrected chi connectivity index (χ0v) is 41.9. The maximum absolute atomic E-state index is 12.7. The highest BCUT2D eigenvalue weighted by Crippen LogP contribution is 2.43. The van der Waals surface area contributed by atoms with Crippen LogP contribution in [0.5, 0.6) is 0 Å². The number of unbranched alkanes of at least 4 members (excludes halogenated alkanes) is 27. The molecule has 0 aromatic rings. The number of phosphoric acid groups is 1. The number of rotatable bonds is 49. The zero-order chi connectivity index (χ0) is 46.9. The van der Waals surface area contributed by atoms with Crippen molar-refractivity contribution in [3.05, 3.63) is 48.6 Å². The molecule has 3 atom stereocenters. The molecule has 11 heteroatoms. The summed E-state index contributed by atoms with van der Waals surface area (Å²) in [4.78, 5) is 35.2. The molecule has 0 fully saturated rings. The molecule has 1 unspecified atom stereocenters. The zero-order valence-electron chi connectivity index (χ0n) is 41.0. The van der Waals surface area contributed by atoms with E-state index in [1.807, 2.05) is 0 Å². The van der Waals surface area contributed by atoms with Gasteiger partial charge in [0.1, 0.15) is 12.7 Å². The second-order valence-electron chi connectivity index (χ2n) is 17.6. The van der Waals surface area contributed by atoms with Gasteiger partial charge in [-0.25, -0.2) is 4.57 Å². The summed E-state index contributed by atoms with van der Waals surface area (Å²) in [6, 6.07) is 0. The number of esters is 2. The van der Waals surface area contributed by atoms with E-state index in [1.54, 1.807) is 0 Å². The van der Waals surface area contributed by atoms with Crippen LogP contribution >= 0.6 is 7.82 Å². The Morgan fingerprint density at radius 1 is 0.469 bits per heavy atom. The van der Waals surface area contributed by atoms with Crippen molar-refractivity contribution in [3.8, 4) is 0 Å². The predicted molar refractivity (Wildman–Crippen MR) is 265 cm³/mol. The van der Waals surface area contributed by atoms with Crippen LogP contribution in [0.3, 0.4) is 0 Å². The van der Waals surface area contributed by atoms with E-state index >= 15 is 0 Å². The van der Waals surface area contributed by atoms with Crippen molar-refractivity contribution in [2.75, 3.05) is 26.4 Å². The summed E-state index contributed by atoms with van der Waals surface area (Å²) < 4.78 is 32.8. The summed E-state index contributed by atoms with van der Waals surface area (Å²) in [6.45, 7) is 2.35. The highest BCUT2D eigenvalue weighted by molar-refractivity contribution is 7.47. The highest BCUT2D eigenvalue weighted by atomic mass is 31.2. The van der Waals surface area contributed by atoms with Crippen LogP contribution in [0.1, 0.15) is 239 Å². The van der Waals surface area contributed by atoms with E-state index in [4.69, 9.17) is 23.6 Å². The van der Waals surface area contributed by atoms with Crippen LogP contribution in [-0.4, -0.2) is 65.7 Å². The molecule has 0 saturated heterocycles. The minimum absolute atomic E-state index is 0.147. The van der Waals surface area contributed by atoms with Crippen molar-refractivity contribution >= 4 is 19.8 Å². The lowest BCUT2D eigenvalue weighted by Crippen LogP contribution is -2.29. The van der Waals surface area contributed by atoms with Crippen LogP contribution in [0.25, 0.3) is 0 Å². The van der Waals surface area contributed by atoms with E-state index in [9.17, 15) is 24.2 Å². The minimum Gasteiger partial charge on any atom is -0.462 e. The number of allylic oxidation sites excluding steroid dienone is 8. The smallest absolute Gasteiger partial charge is 0.462 e. The van der Waals surface area contributed by atoms with Crippen LogP contribution < -0.4 is 0 Å². The van der Waals surface area contributed by atoms with Crippen LogP contribution in [-0.2, 0) is 32.7 Å². The van der Waals surface area contributed by atoms with Gasteiger partial charge in [0.2, 0.25) is 0 Å². The van der Waals surface area contributed by atoms with Crippen molar-refractivity contribution in [1.29, 1.82) is 0 Å². The maximum Gasteiger partial charge on any atom is 0.472 e. The van der Waals surface area contributed by atoms with Gasteiger partial charge in [-0.05, 0) is 57.8 Å². The van der Waals surface area contributed by atoms with Gasteiger partial charge in [-0.2, -0.15) is 0 Å². The molecule has 0 heterocycles. The Hall–Kier alpha value is -2.07. The van der Waals surface area contributed by atoms with Crippen molar-refractivity contribution < 1.29 is 47.8 Å². The van der Waals surface area contributed by atoms with Crippen molar-refractivity contribution in [2.45, 2.75) is 251 Å². The summed E-state index contributed by atoms with van der Waals surface area (Å²) in [6.07, 6.45) is 55.1. The standard InChI is InChI=1S/C53H97O10P/c1-3-5-7-9-11-13-15-17-19-21-23-24-25-27-28-30-32-34-36-38-40-42-44-52(56)60-48-51(49-62-64(58,59)61-47-50(55)46-54)63-53(57)45-43-41-39-37-35-33-31-29-26-22-20-18-16-14-12-10-8-6-4-2/h12,14,18,20,26,29,33,35,50-51,54-55H,3-11,13,15-17,19,21-25,27-28,30-32,34,36-49H2,1-2H3,(H,58,59)/b14-12+,20-18+,29-26+,35-33+/t50-,51+/m0/s1. The molecule has 0 aliphatic rings. The van der Waals surface area contributed by atoms with Crippen LogP contribution in [0, 0.1) is 0 Å². The van der Waals surface area contributed by atoms with E-state index in [0.29, 0.717) is 12.8 Å². The Balaban J connectivity index is 4.20. The van der Waals surface area contributed by atoms with Gasteiger partial charge >= 0.3 is 19.8 Å². The largest absolute Gasteiger partial charge is 0.472 e. The molecule has 0 rings (SSSR count). The van der Waals surface area contributed by atoms with Gasteiger partial charge in [-0.1, -0.05) is 217 Å². The number of hydrogen-bond acceptors (Lipinski definition) is 9. The van der Waals surface area contributed by atoms with E-state index < -0.39 is 51.8 Å². The predicted octanol–water partition coefficient (Wildman–Crippen LogP) is 14.8. The number of aliphatic hydroxyl groups is 2. The SMILES string of the molecule is CCCCC/C=C/C/C=C/C/C=C/C/C=C/CCCCCC(=O)O[C@H](COC(=O)CCCCCCCCCCCCCCCCCCCCCCCC)COP(=O)(O)OC[C@@H](O)CO. The fourth-order valence-corrected chi connectivity index (χ4v) is 8.00. The molecule has 0 aliphatic heterocycles. The number of hydrogen-bond donors (Lipinski definition) is 3. The van der Waals surface area contributed by atoms with Crippen LogP contribution in [0.15, 0.2) is 48.6 Å². The number of aliphatic hydroxyl groups excluding tert-OH is 2. The normalized spacial score (nSPS) is 14.0. The van der Waals surface area contributed by atoms with Gasteiger partial charge in [0, 0.05) is 12.8 Å². The first-order valence-electron chi connectivity index (χ1n) is 26.1. The molecular formula is C53H97O10P. The summed E-state index contributed by atoms with van der Waals surface area (Å²) in [5.74, 6) is -0.952. The highest BCUT2D eigenvalue weighted by Gasteiger charge is 2.27. The lowest BCUT2D eigenvalue weighted by atomic mass is 10.0. The Morgan fingerprint density at radius 2 is 0.812 bits per heavy atom. The molecule has 0 aromatic carbocycles. The molecule has 0 radical (unpaired) electrons. The first kappa shape index (κ1) is 61.9. The second-order valence-corrected chi connectivity index (χ2v) is 19.0. The third kappa shape index (κ3) is 47.9. The van der Waals surface area contributed by atoms with E-state index in [0.717, 1.165) is 57.8 Å². The second kappa shape index (κ2) is 48.9. The first-order chi connectivity index (χ1) is 31.2. The molecule has 374 valence electrons. The van der Waals surface area contributed by atoms with Gasteiger partial charge in [0.05, 0.1) is 19.8 Å². The van der Waals surface area contributed by atoms with Gasteiger partial charge in [-0.15, -0.1) is 0 Å². The van der Waals surface area contributed by atoms with Crippen molar-refractivity contribution in [3.63, 3.8) is 0 Å². The molecule has 0 aromatic heterocycles. The number of carbonyl (C=O) groups is 2. The Morgan fingerprint density at radius 3 is 1.25 bits per heavy atom. The van der Waals surface area contributed by atoms with Gasteiger partial charge in [0.15, 0.2) is 6.10 Å². The van der Waals surface area contributed by atoms with Crippen LogP contribution in [0.2, 0.25) is 0 Å². The fraction of sp³-hybridized carbons (Fsp3) is 0.811. The molecule has 0 spiro atoms. The Bertz CT molecular complexity index is 1200. The van der Waals surface area contributed by atoms with Crippen molar-refractivity contribution in [2.24, 2.45) is 0 Å².